The van der Waals surface area contributed by atoms with E-state index in [1.54, 1.807) is 0 Å². The van der Waals surface area contributed by atoms with Crippen LogP contribution in [0.4, 0.5) is 0 Å². The fourth-order valence-corrected chi connectivity index (χ4v) is 4.04. The Labute approximate surface area is 160 Å². The summed E-state index contributed by atoms with van der Waals surface area (Å²) in [5.41, 5.74) is 3.52. The molecule has 0 bridgehead atoms. The summed E-state index contributed by atoms with van der Waals surface area (Å²) in [4.78, 5) is 0. The second kappa shape index (κ2) is 7.97. The predicted molar refractivity (Wildman–Crippen MR) is 109 cm³/mol. The molecule has 132 valence electrons. The molecular formula is C24H23ClO. The van der Waals surface area contributed by atoms with Gasteiger partial charge in [0.05, 0.1) is 0 Å². The first-order chi connectivity index (χ1) is 12.8. The molecule has 0 aliphatic heterocycles. The van der Waals surface area contributed by atoms with Gasteiger partial charge in [-0.05, 0) is 48.1 Å². The minimum absolute atomic E-state index is 0.597. The van der Waals surface area contributed by atoms with Crippen LogP contribution in [-0.4, -0.2) is 0 Å². The third kappa shape index (κ3) is 3.78. The van der Waals surface area contributed by atoms with Gasteiger partial charge in [0.15, 0.2) is 0 Å². The van der Waals surface area contributed by atoms with Crippen molar-refractivity contribution < 1.29 is 4.74 Å². The van der Waals surface area contributed by atoms with Crippen molar-refractivity contribution in [1.29, 1.82) is 0 Å². The van der Waals surface area contributed by atoms with Crippen LogP contribution in [0.25, 0.3) is 11.1 Å². The van der Waals surface area contributed by atoms with E-state index in [1.165, 1.54) is 37.7 Å². The summed E-state index contributed by atoms with van der Waals surface area (Å²) in [5.74, 6) is 2.37. The second-order valence-corrected chi connectivity index (χ2v) is 7.42. The highest BCUT2D eigenvalue weighted by Gasteiger charge is 2.20. The number of para-hydroxylation sites is 1. The molecule has 26 heavy (non-hydrogen) atoms. The number of hydrogen-bond acceptors (Lipinski definition) is 1. The van der Waals surface area contributed by atoms with Crippen LogP contribution in [0.5, 0.6) is 11.5 Å². The summed E-state index contributed by atoms with van der Waals surface area (Å²) >= 11 is 6.28. The van der Waals surface area contributed by atoms with E-state index in [9.17, 15) is 0 Å². The zero-order chi connectivity index (χ0) is 17.8. The number of hydrogen-bond donors (Lipinski definition) is 0. The Morgan fingerprint density at radius 2 is 1.46 bits per heavy atom. The largest absolute Gasteiger partial charge is 0.456 e. The van der Waals surface area contributed by atoms with Crippen molar-refractivity contribution in [1.82, 2.24) is 0 Å². The summed E-state index contributed by atoms with van der Waals surface area (Å²) in [7, 11) is 0. The van der Waals surface area contributed by atoms with E-state index in [2.05, 4.69) is 30.3 Å². The molecule has 0 unspecified atom stereocenters. The molecule has 0 heterocycles. The molecule has 0 spiro atoms. The van der Waals surface area contributed by atoms with E-state index >= 15 is 0 Å². The van der Waals surface area contributed by atoms with Crippen molar-refractivity contribution in [2.24, 2.45) is 0 Å². The number of rotatable bonds is 4. The highest BCUT2D eigenvalue weighted by Crippen LogP contribution is 2.41. The van der Waals surface area contributed by atoms with Gasteiger partial charge in [-0.1, -0.05) is 79.4 Å². The van der Waals surface area contributed by atoms with Gasteiger partial charge in [0.2, 0.25) is 0 Å². The van der Waals surface area contributed by atoms with Crippen LogP contribution >= 0.6 is 11.6 Å². The lowest BCUT2D eigenvalue weighted by Gasteiger charge is -2.24. The maximum atomic E-state index is 6.44. The van der Waals surface area contributed by atoms with Crippen LogP contribution in [0.15, 0.2) is 72.8 Å². The molecular weight excluding hydrogens is 340 g/mol. The van der Waals surface area contributed by atoms with Crippen LogP contribution in [0, 0.1) is 0 Å². The van der Waals surface area contributed by atoms with Gasteiger partial charge in [0.25, 0.3) is 0 Å². The Balaban J connectivity index is 1.71. The molecule has 3 aromatic rings. The van der Waals surface area contributed by atoms with E-state index in [1.807, 2.05) is 42.5 Å². The molecule has 1 nitrogen and oxygen atoms in total. The highest BCUT2D eigenvalue weighted by molar-refractivity contribution is 6.30. The van der Waals surface area contributed by atoms with Gasteiger partial charge in [-0.2, -0.15) is 0 Å². The van der Waals surface area contributed by atoms with Crippen molar-refractivity contribution in [3.63, 3.8) is 0 Å². The Bertz CT molecular complexity index is 866. The maximum Gasteiger partial charge on any atom is 0.136 e. The standard InChI is InChI=1S/C24H23ClO/c25-20-15-16-22(19-11-5-2-6-12-19)24(17-20)26-23-14-8-7-13-21(23)18-9-3-1-4-10-18/h2,5-8,11-18H,1,3-4,9-10H2. The Hall–Kier alpha value is -2.25. The monoisotopic (exact) mass is 362 g/mol. The first-order valence-corrected chi connectivity index (χ1v) is 9.81. The molecule has 0 amide bonds. The summed E-state index contributed by atoms with van der Waals surface area (Å²) in [6.45, 7) is 0. The summed E-state index contributed by atoms with van der Waals surface area (Å²) in [6.07, 6.45) is 6.48. The fraction of sp³-hybridized carbons (Fsp3) is 0.250. The lowest BCUT2D eigenvalue weighted by Crippen LogP contribution is -2.06. The van der Waals surface area contributed by atoms with Gasteiger partial charge in [-0.15, -0.1) is 0 Å². The van der Waals surface area contributed by atoms with Crippen LogP contribution in [0.2, 0.25) is 5.02 Å². The minimum atomic E-state index is 0.597. The van der Waals surface area contributed by atoms with Crippen molar-refractivity contribution in [3.8, 4) is 22.6 Å². The van der Waals surface area contributed by atoms with Crippen LogP contribution in [-0.2, 0) is 0 Å². The average Bonchev–Trinajstić information content (AvgIpc) is 2.70. The van der Waals surface area contributed by atoms with E-state index in [0.717, 1.165) is 22.6 Å². The topological polar surface area (TPSA) is 9.23 Å². The van der Waals surface area contributed by atoms with E-state index in [4.69, 9.17) is 16.3 Å². The van der Waals surface area contributed by atoms with E-state index < -0.39 is 0 Å². The third-order valence-electron chi connectivity index (χ3n) is 5.21. The van der Waals surface area contributed by atoms with Crippen molar-refractivity contribution in [2.75, 3.05) is 0 Å². The second-order valence-electron chi connectivity index (χ2n) is 6.98. The van der Waals surface area contributed by atoms with Gasteiger partial charge < -0.3 is 4.74 Å². The molecule has 0 atom stereocenters. The zero-order valence-electron chi connectivity index (χ0n) is 14.8. The first-order valence-electron chi connectivity index (χ1n) is 9.43. The van der Waals surface area contributed by atoms with E-state index in [0.29, 0.717) is 10.9 Å². The van der Waals surface area contributed by atoms with Crippen LogP contribution in [0.3, 0.4) is 0 Å². The molecule has 1 aliphatic rings. The highest BCUT2D eigenvalue weighted by atomic mass is 35.5. The quantitative estimate of drug-likeness (QED) is 0.459. The molecule has 1 aliphatic carbocycles. The molecule has 1 saturated carbocycles. The molecule has 1 fully saturated rings. The van der Waals surface area contributed by atoms with Crippen molar-refractivity contribution >= 4 is 11.6 Å². The Kier molecular flexibility index (Phi) is 5.26. The van der Waals surface area contributed by atoms with Crippen LogP contribution in [0.1, 0.15) is 43.6 Å². The van der Waals surface area contributed by atoms with Crippen molar-refractivity contribution in [2.45, 2.75) is 38.0 Å². The molecule has 0 N–H and O–H groups in total. The zero-order valence-corrected chi connectivity index (χ0v) is 15.6. The molecule has 0 radical (unpaired) electrons. The SMILES string of the molecule is Clc1ccc(-c2ccccc2)c(Oc2ccccc2C2CCCCC2)c1. The molecule has 4 rings (SSSR count). The normalized spacial score (nSPS) is 15.0. The Morgan fingerprint density at radius 3 is 2.27 bits per heavy atom. The van der Waals surface area contributed by atoms with Gasteiger partial charge in [0.1, 0.15) is 11.5 Å². The summed E-state index contributed by atoms with van der Waals surface area (Å²) in [5, 5.41) is 0.690. The van der Waals surface area contributed by atoms with Crippen molar-refractivity contribution in [3.05, 3.63) is 83.4 Å². The minimum Gasteiger partial charge on any atom is -0.456 e. The maximum absolute atomic E-state index is 6.44. The van der Waals surface area contributed by atoms with Gasteiger partial charge in [-0.25, -0.2) is 0 Å². The van der Waals surface area contributed by atoms with Gasteiger partial charge in [0, 0.05) is 16.7 Å². The fourth-order valence-electron chi connectivity index (χ4n) is 3.88. The average molecular weight is 363 g/mol. The number of halogens is 1. The summed E-state index contributed by atoms with van der Waals surface area (Å²) in [6, 6.07) is 24.7. The molecule has 2 heteroatoms. The number of benzene rings is 3. The molecule has 0 aromatic heterocycles. The molecule has 0 saturated heterocycles. The lowest BCUT2D eigenvalue weighted by molar-refractivity contribution is 0.419. The summed E-state index contributed by atoms with van der Waals surface area (Å²) < 4.78 is 6.44. The smallest absolute Gasteiger partial charge is 0.136 e. The Morgan fingerprint density at radius 1 is 0.731 bits per heavy atom. The number of ether oxygens (including phenoxy) is 1. The van der Waals surface area contributed by atoms with Crippen LogP contribution < -0.4 is 4.74 Å². The lowest BCUT2D eigenvalue weighted by atomic mass is 9.84. The van der Waals surface area contributed by atoms with Gasteiger partial charge >= 0.3 is 0 Å². The van der Waals surface area contributed by atoms with E-state index in [-0.39, 0.29) is 0 Å². The van der Waals surface area contributed by atoms with Gasteiger partial charge in [-0.3, -0.25) is 0 Å². The third-order valence-corrected chi connectivity index (χ3v) is 5.45. The molecule has 3 aromatic carbocycles. The first kappa shape index (κ1) is 17.2. The predicted octanol–water partition coefficient (Wildman–Crippen LogP) is 7.85.